The van der Waals surface area contributed by atoms with E-state index < -0.39 is 26.7 Å². The Morgan fingerprint density at radius 3 is 2.11 bits per heavy atom. The van der Waals surface area contributed by atoms with Gasteiger partial charge in [0.05, 0.1) is 16.0 Å². The third-order valence-corrected chi connectivity index (χ3v) is 7.99. The lowest BCUT2D eigenvalue weighted by Gasteiger charge is -2.26. The van der Waals surface area contributed by atoms with E-state index in [4.69, 9.17) is 4.98 Å². The van der Waals surface area contributed by atoms with E-state index in [9.17, 15) is 22.3 Å². The third kappa shape index (κ3) is 5.15. The average Bonchev–Trinajstić information content (AvgIpc) is 3.30. The zero-order chi connectivity index (χ0) is 28.0. The first kappa shape index (κ1) is 27.7. The largest absolute Gasteiger partial charge is 0.384 e. The van der Waals surface area contributed by atoms with Gasteiger partial charge in [-0.1, -0.05) is 37.3 Å². The minimum Gasteiger partial charge on any atom is -0.384 e. The fourth-order valence-corrected chi connectivity index (χ4v) is 5.70. The topological polar surface area (TPSA) is 72.2 Å². The second-order valence-electron chi connectivity index (χ2n) is 10.6. The third-order valence-electron chi connectivity index (χ3n) is 6.83. The van der Waals surface area contributed by atoms with Crippen LogP contribution in [0.25, 0.3) is 16.8 Å². The summed E-state index contributed by atoms with van der Waals surface area (Å²) in [7, 11) is -3.62. The summed E-state index contributed by atoms with van der Waals surface area (Å²) < 4.78 is 56.1. The van der Waals surface area contributed by atoms with Gasteiger partial charge in [-0.15, -0.1) is 0 Å². The molecule has 38 heavy (non-hydrogen) atoms. The van der Waals surface area contributed by atoms with Gasteiger partial charge in [0, 0.05) is 29.3 Å². The number of nitrogens with zero attached hydrogens (tertiary/aromatic N) is 2. The van der Waals surface area contributed by atoms with Crippen LogP contribution in [0.3, 0.4) is 0 Å². The molecule has 1 N–H and O–H groups in total. The molecule has 0 saturated carbocycles. The molecule has 0 atom stereocenters. The van der Waals surface area contributed by atoms with E-state index in [2.05, 4.69) is 0 Å². The van der Waals surface area contributed by atoms with Gasteiger partial charge in [-0.3, -0.25) is 0 Å². The SMILES string of the molecule is CCc1c(F)cc(-c2ccc(-n3cc(C(C)(C)O)nc3C(C)(C)c3ccccc3F)cc2)cc1S(C)(=O)=O. The van der Waals surface area contributed by atoms with Crippen LogP contribution in [0, 0.1) is 11.6 Å². The smallest absolute Gasteiger partial charge is 0.175 e. The van der Waals surface area contributed by atoms with Crippen LogP contribution in [0.2, 0.25) is 0 Å². The maximum Gasteiger partial charge on any atom is 0.175 e. The summed E-state index contributed by atoms with van der Waals surface area (Å²) in [5.41, 5.74) is 0.763. The van der Waals surface area contributed by atoms with Crippen molar-refractivity contribution in [3.8, 4) is 16.8 Å². The van der Waals surface area contributed by atoms with Crippen molar-refractivity contribution in [2.24, 2.45) is 0 Å². The van der Waals surface area contributed by atoms with Gasteiger partial charge in [-0.2, -0.15) is 0 Å². The predicted octanol–water partition coefficient (Wildman–Crippen LogP) is 6.34. The molecule has 0 radical (unpaired) electrons. The van der Waals surface area contributed by atoms with Crippen molar-refractivity contribution in [3.05, 3.63) is 101 Å². The van der Waals surface area contributed by atoms with Gasteiger partial charge >= 0.3 is 0 Å². The molecule has 0 bridgehead atoms. The lowest BCUT2D eigenvalue weighted by Crippen LogP contribution is -2.25. The summed E-state index contributed by atoms with van der Waals surface area (Å²) in [6.07, 6.45) is 3.06. The van der Waals surface area contributed by atoms with E-state index in [1.54, 1.807) is 69.4 Å². The molecule has 0 aliphatic rings. The Morgan fingerprint density at radius 2 is 1.55 bits per heavy atom. The molecule has 0 spiro atoms. The monoisotopic (exact) mass is 538 g/mol. The Kier molecular flexibility index (Phi) is 7.10. The predicted molar refractivity (Wildman–Crippen MR) is 145 cm³/mol. The van der Waals surface area contributed by atoms with Crippen molar-refractivity contribution >= 4 is 9.84 Å². The van der Waals surface area contributed by atoms with Crippen LogP contribution in [0.5, 0.6) is 0 Å². The van der Waals surface area contributed by atoms with Crippen molar-refractivity contribution in [3.63, 3.8) is 0 Å². The molecule has 200 valence electrons. The van der Waals surface area contributed by atoms with Crippen LogP contribution in [0.15, 0.2) is 71.8 Å². The zero-order valence-electron chi connectivity index (χ0n) is 22.4. The van der Waals surface area contributed by atoms with E-state index in [1.165, 1.54) is 18.2 Å². The second-order valence-corrected chi connectivity index (χ2v) is 12.6. The van der Waals surface area contributed by atoms with Crippen LogP contribution in [0.1, 0.15) is 57.3 Å². The van der Waals surface area contributed by atoms with Gasteiger partial charge < -0.3 is 9.67 Å². The fraction of sp³-hybridized carbons (Fsp3) is 0.300. The summed E-state index contributed by atoms with van der Waals surface area (Å²) in [5, 5.41) is 10.7. The first-order valence-electron chi connectivity index (χ1n) is 12.4. The number of hydrogen-bond acceptors (Lipinski definition) is 4. The molecule has 0 aliphatic heterocycles. The van der Waals surface area contributed by atoms with Crippen LogP contribution >= 0.6 is 0 Å². The van der Waals surface area contributed by atoms with Crippen LogP contribution in [-0.2, 0) is 27.3 Å². The Bertz CT molecular complexity index is 1600. The normalized spacial score (nSPS) is 12.7. The quantitative estimate of drug-likeness (QED) is 0.298. The number of imidazole rings is 1. The summed E-state index contributed by atoms with van der Waals surface area (Å²) in [6, 6.07) is 16.5. The van der Waals surface area contributed by atoms with E-state index in [-0.39, 0.29) is 22.7 Å². The molecule has 1 aromatic heterocycles. The van der Waals surface area contributed by atoms with Crippen molar-refractivity contribution < 1.29 is 22.3 Å². The average molecular weight is 539 g/mol. The van der Waals surface area contributed by atoms with Crippen molar-refractivity contribution in [1.29, 1.82) is 0 Å². The standard InChI is InChI=1S/C30H32F2N2O3S/c1-7-22-25(32)16-20(17-26(22)38(6,36)37)19-12-14-21(15-13-19)34-18-27(30(4,5)35)33-28(34)29(2,3)23-10-8-9-11-24(23)31/h8-18,35H,7H2,1-6H3. The lowest BCUT2D eigenvalue weighted by atomic mass is 9.83. The highest BCUT2D eigenvalue weighted by Crippen LogP contribution is 2.36. The van der Waals surface area contributed by atoms with Crippen LogP contribution in [-0.4, -0.2) is 29.3 Å². The molecule has 1 heterocycles. The van der Waals surface area contributed by atoms with Crippen LogP contribution < -0.4 is 0 Å². The highest BCUT2D eigenvalue weighted by Gasteiger charge is 2.34. The van der Waals surface area contributed by atoms with Gasteiger partial charge in [-0.25, -0.2) is 22.2 Å². The first-order chi connectivity index (χ1) is 17.6. The molecule has 3 aromatic carbocycles. The molecule has 8 heteroatoms. The van der Waals surface area contributed by atoms with E-state index >= 15 is 0 Å². The lowest BCUT2D eigenvalue weighted by molar-refractivity contribution is 0.0740. The highest BCUT2D eigenvalue weighted by atomic mass is 32.2. The number of sulfone groups is 1. The van der Waals surface area contributed by atoms with Gasteiger partial charge in [0.15, 0.2) is 9.84 Å². The molecule has 0 unspecified atom stereocenters. The fourth-order valence-electron chi connectivity index (χ4n) is 4.67. The summed E-state index contributed by atoms with van der Waals surface area (Å²) >= 11 is 0. The highest BCUT2D eigenvalue weighted by molar-refractivity contribution is 7.90. The Hall–Kier alpha value is -3.36. The number of hydrogen-bond donors (Lipinski definition) is 1. The van der Waals surface area contributed by atoms with E-state index in [0.717, 1.165) is 6.26 Å². The maximum atomic E-state index is 14.8. The van der Waals surface area contributed by atoms with E-state index in [0.29, 0.717) is 33.9 Å². The molecule has 4 aromatic rings. The van der Waals surface area contributed by atoms with Crippen molar-refractivity contribution in [2.45, 2.75) is 57.0 Å². The van der Waals surface area contributed by atoms with Gasteiger partial charge in [0.2, 0.25) is 0 Å². The number of halogens is 2. The molecule has 0 saturated heterocycles. The maximum absolute atomic E-state index is 14.8. The zero-order valence-corrected chi connectivity index (χ0v) is 23.2. The Balaban J connectivity index is 1.84. The molecule has 5 nitrogen and oxygen atoms in total. The summed E-state index contributed by atoms with van der Waals surface area (Å²) in [5.74, 6) is -0.385. The summed E-state index contributed by atoms with van der Waals surface area (Å²) in [6.45, 7) is 8.73. The minimum atomic E-state index is -3.62. The first-order valence-corrected chi connectivity index (χ1v) is 14.2. The Labute approximate surface area is 222 Å². The number of rotatable bonds is 7. The van der Waals surface area contributed by atoms with Crippen molar-refractivity contribution in [1.82, 2.24) is 9.55 Å². The number of benzene rings is 3. The second kappa shape index (κ2) is 9.75. The number of aliphatic hydroxyl groups is 1. The molecule has 4 rings (SSSR count). The van der Waals surface area contributed by atoms with E-state index in [1.807, 2.05) is 18.4 Å². The van der Waals surface area contributed by atoms with Gasteiger partial charge in [0.1, 0.15) is 23.1 Å². The molecule has 0 amide bonds. The molecule has 0 fully saturated rings. The number of aromatic nitrogens is 2. The van der Waals surface area contributed by atoms with Crippen molar-refractivity contribution in [2.75, 3.05) is 6.26 Å². The molecular formula is C30H32F2N2O3S. The van der Waals surface area contributed by atoms with Gasteiger partial charge in [0.25, 0.3) is 0 Å². The molecule has 0 aliphatic carbocycles. The molecular weight excluding hydrogens is 506 g/mol. The van der Waals surface area contributed by atoms with Gasteiger partial charge in [-0.05, 0) is 75.6 Å². The van der Waals surface area contributed by atoms with Crippen LogP contribution in [0.4, 0.5) is 8.78 Å². The summed E-state index contributed by atoms with van der Waals surface area (Å²) in [4.78, 5) is 4.71. The Morgan fingerprint density at radius 1 is 0.921 bits per heavy atom. The minimum absolute atomic E-state index is 0.0163.